The summed E-state index contributed by atoms with van der Waals surface area (Å²) in [5.74, 6) is -1.71. The number of carbonyl (C=O) groups excluding carboxylic acids is 7. The quantitative estimate of drug-likeness (QED) is 0.0452. The van der Waals surface area contributed by atoms with E-state index in [2.05, 4.69) is 26.0 Å². The van der Waals surface area contributed by atoms with Crippen LogP contribution < -0.4 is 26.0 Å². The summed E-state index contributed by atoms with van der Waals surface area (Å²) in [5.41, 5.74) is 0.585. The summed E-state index contributed by atoms with van der Waals surface area (Å²) in [6.45, 7) is 10.8. The topological polar surface area (TPSA) is 208 Å². The van der Waals surface area contributed by atoms with Gasteiger partial charge in [-0.1, -0.05) is 62.7 Å². The highest BCUT2D eigenvalue weighted by atomic mass is 32.2. The number of rotatable bonds is 25. The first kappa shape index (κ1) is 51.8. The van der Waals surface area contributed by atoms with Crippen molar-refractivity contribution in [3.05, 3.63) is 65.7 Å². The van der Waals surface area contributed by atoms with Gasteiger partial charge in [0.05, 0.1) is 20.3 Å². The van der Waals surface area contributed by atoms with Gasteiger partial charge in [-0.2, -0.15) is 11.8 Å². The minimum absolute atomic E-state index is 0.0224. The molecule has 2 aromatic rings. The molecule has 0 fully saturated rings. The van der Waals surface area contributed by atoms with Gasteiger partial charge < -0.3 is 40.2 Å². The Morgan fingerprint density at radius 1 is 0.787 bits per heavy atom. The minimum atomic E-state index is -1.12. The minimum Gasteiger partial charge on any atom is -0.469 e. The van der Waals surface area contributed by atoms with Gasteiger partial charge in [-0.15, -0.1) is 0 Å². The van der Waals surface area contributed by atoms with Crippen molar-refractivity contribution in [1.82, 2.24) is 26.2 Å². The first-order valence-electron chi connectivity index (χ1n) is 20.6. The molecule has 61 heavy (non-hydrogen) atoms. The third kappa shape index (κ3) is 21.2. The number of nitrogens with one attached hydrogen (secondary N) is 4. The summed E-state index contributed by atoms with van der Waals surface area (Å²) in [6.07, 6.45) is 2.96. The van der Waals surface area contributed by atoms with E-state index in [0.717, 1.165) is 5.56 Å². The van der Waals surface area contributed by atoms with Gasteiger partial charge in [0.2, 0.25) is 23.6 Å². The Kier molecular flexibility index (Phi) is 23.4. The molecule has 0 aliphatic rings. The Labute approximate surface area is 364 Å². The lowest BCUT2D eigenvalue weighted by atomic mass is 10.0. The lowest BCUT2D eigenvalue weighted by Gasteiger charge is -2.33. The van der Waals surface area contributed by atoms with E-state index in [0.29, 0.717) is 43.5 Å². The number of methoxy groups -OCH3 is 1. The SMILES string of the molecule is CCN(C(=O)OC(C)(C)C)[C@@H](Cc1ccc(OC(=O)OCC(C)C)cc1)C(=O)N[C@H](CCSC)C(=O)NCC(=O)N[C@@H](Cc1ccccc1)C(=O)NCCCCCC(=O)OC. The Hall–Kier alpha value is -5.32. The largest absolute Gasteiger partial charge is 0.513 e. The number of amides is 5. The third-order valence-corrected chi connectivity index (χ3v) is 9.57. The van der Waals surface area contributed by atoms with Crippen LogP contribution in [0.1, 0.15) is 84.8 Å². The van der Waals surface area contributed by atoms with Gasteiger partial charge in [0, 0.05) is 32.4 Å². The Bertz CT molecular complexity index is 1700. The molecule has 2 rings (SSSR count). The Morgan fingerprint density at radius 3 is 2.05 bits per heavy atom. The number of hydrogen-bond donors (Lipinski definition) is 4. The number of carbonyl (C=O) groups is 7. The predicted octanol–water partition coefficient (Wildman–Crippen LogP) is 4.96. The molecule has 0 heterocycles. The van der Waals surface area contributed by atoms with Crippen molar-refractivity contribution in [2.75, 3.05) is 45.4 Å². The van der Waals surface area contributed by atoms with Gasteiger partial charge >= 0.3 is 18.2 Å². The maximum Gasteiger partial charge on any atom is 0.513 e. The van der Waals surface area contributed by atoms with Crippen LogP contribution in [-0.2, 0) is 51.0 Å². The van der Waals surface area contributed by atoms with Gasteiger partial charge in [-0.05, 0) is 88.1 Å². The molecular weight excluding hydrogens is 807 g/mol. The van der Waals surface area contributed by atoms with Crippen molar-refractivity contribution >= 4 is 53.6 Å². The fraction of sp³-hybridized carbons (Fsp3) is 0.568. The standard InChI is InChI=1S/C44H65N5O11S/c1-9-49(42(55)60-44(4,5)6)36(27-32-19-21-33(22-20-32)59-43(56)58-29-30(2)3)41(54)48-34(23-25-61-8)39(52)46-28-37(50)47-35(26-31-16-12-10-13-17-31)40(53)45-24-15-11-14-18-38(51)57-7/h10,12-13,16-17,19-22,30,34-36H,9,11,14-15,18,23-29H2,1-8H3,(H,45,53)(H,46,52)(H,47,50)(H,48,54)/t34-,35+,36+/m1/s1. The molecule has 0 aliphatic carbocycles. The van der Waals surface area contributed by atoms with Crippen LogP contribution in [0.4, 0.5) is 9.59 Å². The molecule has 0 saturated carbocycles. The van der Waals surface area contributed by atoms with Crippen molar-refractivity contribution < 1.29 is 52.5 Å². The van der Waals surface area contributed by atoms with E-state index in [1.54, 1.807) is 52.0 Å². The van der Waals surface area contributed by atoms with Crippen LogP contribution in [-0.4, -0.2) is 116 Å². The summed E-state index contributed by atoms with van der Waals surface area (Å²) >= 11 is 1.46. The number of nitrogens with zero attached hydrogens (tertiary/aromatic N) is 1. The van der Waals surface area contributed by atoms with Crippen LogP contribution >= 0.6 is 11.8 Å². The van der Waals surface area contributed by atoms with Crippen LogP contribution in [0.3, 0.4) is 0 Å². The highest BCUT2D eigenvalue weighted by Gasteiger charge is 2.34. The summed E-state index contributed by atoms with van der Waals surface area (Å²) in [4.78, 5) is 92.5. The summed E-state index contributed by atoms with van der Waals surface area (Å²) in [6, 6.07) is 12.4. The highest BCUT2D eigenvalue weighted by Crippen LogP contribution is 2.19. The number of unbranched alkanes of at least 4 members (excludes halogenated alkanes) is 2. The van der Waals surface area contributed by atoms with E-state index in [1.165, 1.54) is 23.8 Å². The number of benzene rings is 2. The van der Waals surface area contributed by atoms with E-state index in [4.69, 9.17) is 14.2 Å². The van der Waals surface area contributed by atoms with E-state index < -0.39 is 66.1 Å². The van der Waals surface area contributed by atoms with E-state index in [9.17, 15) is 33.6 Å². The number of ether oxygens (including phenoxy) is 4. The van der Waals surface area contributed by atoms with E-state index in [-0.39, 0.29) is 50.1 Å². The summed E-state index contributed by atoms with van der Waals surface area (Å²) < 4.78 is 20.6. The average molecular weight is 872 g/mol. The van der Waals surface area contributed by atoms with Crippen LogP contribution in [0, 0.1) is 5.92 Å². The smallest absolute Gasteiger partial charge is 0.469 e. The molecule has 0 spiro atoms. The zero-order valence-electron chi connectivity index (χ0n) is 36.8. The van der Waals surface area contributed by atoms with Crippen molar-refractivity contribution in [2.45, 2.75) is 110 Å². The Balaban J connectivity index is 2.20. The summed E-state index contributed by atoms with van der Waals surface area (Å²) in [5, 5.41) is 11.0. The molecule has 4 N–H and O–H groups in total. The van der Waals surface area contributed by atoms with Gasteiger partial charge in [0.25, 0.3) is 0 Å². The van der Waals surface area contributed by atoms with Crippen molar-refractivity contribution in [2.24, 2.45) is 5.92 Å². The molecule has 0 bridgehead atoms. The van der Waals surface area contributed by atoms with Crippen LogP contribution in [0.5, 0.6) is 5.75 Å². The van der Waals surface area contributed by atoms with Gasteiger partial charge in [0.1, 0.15) is 29.5 Å². The molecule has 0 aliphatic heterocycles. The monoisotopic (exact) mass is 871 g/mol. The third-order valence-electron chi connectivity index (χ3n) is 8.92. The first-order chi connectivity index (χ1) is 29.0. The highest BCUT2D eigenvalue weighted by molar-refractivity contribution is 7.98. The molecular formula is C44H65N5O11S. The van der Waals surface area contributed by atoms with Crippen molar-refractivity contribution in [1.29, 1.82) is 0 Å². The van der Waals surface area contributed by atoms with Gasteiger partial charge in [0.15, 0.2) is 0 Å². The molecule has 0 aromatic heterocycles. The summed E-state index contributed by atoms with van der Waals surface area (Å²) in [7, 11) is 1.34. The molecule has 0 radical (unpaired) electrons. The molecule has 0 saturated heterocycles. The lowest BCUT2D eigenvalue weighted by Crippen LogP contribution is -2.57. The van der Waals surface area contributed by atoms with Crippen LogP contribution in [0.15, 0.2) is 54.6 Å². The normalized spacial score (nSPS) is 12.5. The number of thioether (sulfide) groups is 1. The maximum absolute atomic E-state index is 14.2. The molecule has 17 heteroatoms. The lowest BCUT2D eigenvalue weighted by molar-refractivity contribution is -0.140. The zero-order chi connectivity index (χ0) is 45.4. The molecule has 338 valence electrons. The van der Waals surface area contributed by atoms with Crippen LogP contribution in [0.2, 0.25) is 0 Å². The Morgan fingerprint density at radius 2 is 1.44 bits per heavy atom. The molecule has 3 atom stereocenters. The fourth-order valence-electron chi connectivity index (χ4n) is 5.79. The second-order valence-corrected chi connectivity index (χ2v) is 16.7. The number of likely N-dealkylation sites (N-methyl/N-ethyl adjacent to an activating group) is 1. The molecule has 0 unspecified atom stereocenters. The van der Waals surface area contributed by atoms with E-state index >= 15 is 0 Å². The first-order valence-corrected chi connectivity index (χ1v) is 22.0. The second kappa shape index (κ2) is 27.5. The molecule has 5 amide bonds. The van der Waals surface area contributed by atoms with Crippen LogP contribution in [0.25, 0.3) is 0 Å². The van der Waals surface area contributed by atoms with E-state index in [1.807, 2.05) is 50.4 Å². The van der Waals surface area contributed by atoms with Gasteiger partial charge in [-0.3, -0.25) is 28.9 Å². The van der Waals surface area contributed by atoms with Crippen molar-refractivity contribution in [3.8, 4) is 5.75 Å². The molecule has 2 aromatic carbocycles. The average Bonchev–Trinajstić information content (AvgIpc) is 3.21. The number of esters is 1. The zero-order valence-corrected chi connectivity index (χ0v) is 37.7. The van der Waals surface area contributed by atoms with Gasteiger partial charge in [-0.25, -0.2) is 9.59 Å². The fourth-order valence-corrected chi connectivity index (χ4v) is 6.27. The molecule has 16 nitrogen and oxygen atoms in total. The second-order valence-electron chi connectivity index (χ2n) is 15.7. The van der Waals surface area contributed by atoms with Crippen molar-refractivity contribution in [3.63, 3.8) is 0 Å². The maximum atomic E-state index is 14.2. The predicted molar refractivity (Wildman–Crippen MR) is 233 cm³/mol. The number of hydrogen-bond acceptors (Lipinski definition) is 12.